The Balaban J connectivity index is 1.80. The zero-order valence-corrected chi connectivity index (χ0v) is 10.9. The van der Waals surface area contributed by atoms with E-state index in [9.17, 15) is 4.79 Å². The zero-order valence-electron chi connectivity index (χ0n) is 10.9. The van der Waals surface area contributed by atoms with Crippen LogP contribution in [0.5, 0.6) is 0 Å². The average Bonchev–Trinajstić information content (AvgIpc) is 2.86. The van der Waals surface area contributed by atoms with Crippen LogP contribution >= 0.6 is 0 Å². The van der Waals surface area contributed by atoms with Crippen LogP contribution in [0.3, 0.4) is 0 Å². The third-order valence-corrected chi connectivity index (χ3v) is 2.79. The number of nitrogens with two attached hydrogens (primary N) is 1. The summed E-state index contributed by atoms with van der Waals surface area (Å²) < 4.78 is 0. The van der Waals surface area contributed by atoms with Crippen molar-refractivity contribution in [2.45, 2.75) is 19.8 Å². The minimum absolute atomic E-state index is 0.0881. The molecule has 5 nitrogen and oxygen atoms in total. The van der Waals surface area contributed by atoms with E-state index in [1.165, 1.54) is 0 Å². The van der Waals surface area contributed by atoms with Crippen LogP contribution in [-0.2, 0) is 6.42 Å². The molecule has 0 bridgehead atoms. The molecule has 1 aromatic carbocycles. The number of benzene rings is 1. The predicted molar refractivity (Wildman–Crippen MR) is 74.8 cm³/mol. The molecule has 0 aliphatic carbocycles. The minimum Gasteiger partial charge on any atom is -0.399 e. The number of nitrogens with one attached hydrogen (secondary N) is 2. The second-order valence-electron chi connectivity index (χ2n) is 4.53. The number of aryl methyl sites for hydroxylation is 2. The molecular weight excluding hydrogens is 240 g/mol. The number of nitrogen functional groups attached to an aromatic ring is 1. The van der Waals surface area contributed by atoms with Crippen molar-refractivity contribution in [3.8, 4) is 0 Å². The van der Waals surface area contributed by atoms with Gasteiger partial charge < -0.3 is 16.0 Å². The van der Waals surface area contributed by atoms with Crippen molar-refractivity contribution in [3.05, 3.63) is 47.5 Å². The van der Waals surface area contributed by atoms with Crippen molar-refractivity contribution in [1.29, 1.82) is 0 Å². The van der Waals surface area contributed by atoms with Crippen LogP contribution in [0, 0.1) is 6.92 Å². The number of anilines is 1. The molecule has 19 heavy (non-hydrogen) atoms. The van der Waals surface area contributed by atoms with Gasteiger partial charge in [-0.05, 0) is 37.1 Å². The molecule has 0 aliphatic rings. The van der Waals surface area contributed by atoms with E-state index in [4.69, 9.17) is 5.73 Å². The molecule has 2 aromatic rings. The summed E-state index contributed by atoms with van der Waals surface area (Å²) in [4.78, 5) is 19.1. The third kappa shape index (κ3) is 3.84. The number of H-pyrrole nitrogens is 1. The summed E-state index contributed by atoms with van der Waals surface area (Å²) in [6, 6.07) is 5.36. The lowest BCUT2D eigenvalue weighted by Gasteiger charge is -2.06. The molecule has 0 atom stereocenters. The van der Waals surface area contributed by atoms with Crippen molar-refractivity contribution >= 4 is 11.6 Å². The summed E-state index contributed by atoms with van der Waals surface area (Å²) in [5.41, 5.74) is 7.93. The average molecular weight is 258 g/mol. The van der Waals surface area contributed by atoms with Gasteiger partial charge in [0.1, 0.15) is 5.82 Å². The third-order valence-electron chi connectivity index (χ3n) is 2.79. The van der Waals surface area contributed by atoms with E-state index in [2.05, 4.69) is 15.3 Å². The van der Waals surface area contributed by atoms with Gasteiger partial charge in [-0.3, -0.25) is 4.79 Å². The first-order valence-electron chi connectivity index (χ1n) is 6.29. The van der Waals surface area contributed by atoms with Crippen LogP contribution in [-0.4, -0.2) is 22.4 Å². The predicted octanol–water partition coefficient (Wildman–Crippen LogP) is 1.66. The van der Waals surface area contributed by atoms with E-state index < -0.39 is 0 Å². The maximum absolute atomic E-state index is 11.9. The molecule has 0 aliphatic heterocycles. The Labute approximate surface area is 112 Å². The lowest BCUT2D eigenvalue weighted by Crippen LogP contribution is -2.25. The number of aromatic amines is 1. The van der Waals surface area contributed by atoms with Gasteiger partial charge in [-0.2, -0.15) is 0 Å². The van der Waals surface area contributed by atoms with Gasteiger partial charge >= 0.3 is 0 Å². The zero-order chi connectivity index (χ0) is 13.7. The SMILES string of the molecule is Cc1cc(N)cc(C(=O)NCCCc2ncc[nH]2)c1. The second kappa shape index (κ2) is 6.04. The first-order valence-corrected chi connectivity index (χ1v) is 6.29. The number of imidazole rings is 1. The maximum Gasteiger partial charge on any atom is 0.251 e. The number of carbonyl (C=O) groups is 1. The summed E-state index contributed by atoms with van der Waals surface area (Å²) in [6.45, 7) is 2.54. The van der Waals surface area contributed by atoms with Crippen LogP contribution in [0.1, 0.15) is 28.2 Å². The number of amides is 1. The van der Waals surface area contributed by atoms with Crippen molar-refractivity contribution in [2.75, 3.05) is 12.3 Å². The molecule has 0 fully saturated rings. The summed E-state index contributed by atoms with van der Waals surface area (Å²) in [5.74, 6) is 0.851. The van der Waals surface area contributed by atoms with Gasteiger partial charge in [0.05, 0.1) is 0 Å². The number of nitrogens with zero attached hydrogens (tertiary/aromatic N) is 1. The lowest BCUT2D eigenvalue weighted by atomic mass is 10.1. The van der Waals surface area contributed by atoms with Crippen molar-refractivity contribution in [2.24, 2.45) is 0 Å². The van der Waals surface area contributed by atoms with Gasteiger partial charge in [0.25, 0.3) is 5.91 Å². The standard InChI is InChI=1S/C14H18N4O/c1-10-7-11(9-12(15)8-10)14(19)18-4-2-3-13-16-5-6-17-13/h5-9H,2-4,15H2,1H3,(H,16,17)(H,18,19). The molecule has 0 unspecified atom stereocenters. The summed E-state index contributed by atoms with van der Waals surface area (Å²) >= 11 is 0. The quantitative estimate of drug-likeness (QED) is 0.563. The highest BCUT2D eigenvalue weighted by Gasteiger charge is 2.06. The lowest BCUT2D eigenvalue weighted by molar-refractivity contribution is 0.0953. The molecule has 0 saturated heterocycles. The van der Waals surface area contributed by atoms with Gasteiger partial charge in [0.2, 0.25) is 0 Å². The van der Waals surface area contributed by atoms with Crippen molar-refractivity contribution in [3.63, 3.8) is 0 Å². The van der Waals surface area contributed by atoms with E-state index in [1.807, 2.05) is 19.1 Å². The van der Waals surface area contributed by atoms with Crippen molar-refractivity contribution < 1.29 is 4.79 Å². The van der Waals surface area contributed by atoms with Crippen LogP contribution in [0.15, 0.2) is 30.6 Å². The summed E-state index contributed by atoms with van der Waals surface area (Å²) in [5, 5.41) is 2.88. The monoisotopic (exact) mass is 258 g/mol. The second-order valence-corrected chi connectivity index (χ2v) is 4.53. The molecule has 0 radical (unpaired) electrons. The van der Waals surface area contributed by atoms with Crippen LogP contribution in [0.4, 0.5) is 5.69 Å². The van der Waals surface area contributed by atoms with Crippen LogP contribution in [0.25, 0.3) is 0 Å². The van der Waals surface area contributed by atoms with Crippen molar-refractivity contribution in [1.82, 2.24) is 15.3 Å². The number of aromatic nitrogens is 2. The van der Waals surface area contributed by atoms with E-state index in [1.54, 1.807) is 18.5 Å². The van der Waals surface area contributed by atoms with E-state index in [0.29, 0.717) is 17.8 Å². The van der Waals surface area contributed by atoms with E-state index in [-0.39, 0.29) is 5.91 Å². The van der Waals surface area contributed by atoms with E-state index in [0.717, 1.165) is 24.2 Å². The van der Waals surface area contributed by atoms with Gasteiger partial charge in [-0.15, -0.1) is 0 Å². The first kappa shape index (κ1) is 13.1. The number of hydrogen-bond donors (Lipinski definition) is 3. The Morgan fingerprint density at radius 1 is 1.42 bits per heavy atom. The molecule has 1 amide bonds. The van der Waals surface area contributed by atoms with Gasteiger partial charge in [-0.25, -0.2) is 4.98 Å². The molecule has 100 valence electrons. The topological polar surface area (TPSA) is 83.8 Å². The van der Waals surface area contributed by atoms with Gasteiger partial charge in [0, 0.05) is 36.6 Å². The van der Waals surface area contributed by atoms with Gasteiger partial charge in [-0.1, -0.05) is 0 Å². The Kier molecular flexibility index (Phi) is 4.18. The van der Waals surface area contributed by atoms with Crippen LogP contribution < -0.4 is 11.1 Å². The Morgan fingerprint density at radius 3 is 2.95 bits per heavy atom. The maximum atomic E-state index is 11.9. The highest BCUT2D eigenvalue weighted by molar-refractivity contribution is 5.95. The summed E-state index contributed by atoms with van der Waals surface area (Å²) in [7, 11) is 0. The summed E-state index contributed by atoms with van der Waals surface area (Å²) in [6.07, 6.45) is 5.19. The molecule has 0 saturated carbocycles. The Morgan fingerprint density at radius 2 is 2.26 bits per heavy atom. The molecule has 4 N–H and O–H groups in total. The minimum atomic E-state index is -0.0881. The van der Waals surface area contributed by atoms with Gasteiger partial charge in [0.15, 0.2) is 0 Å². The highest BCUT2D eigenvalue weighted by Crippen LogP contribution is 2.11. The molecule has 0 spiro atoms. The molecule has 1 heterocycles. The van der Waals surface area contributed by atoms with Crippen LogP contribution in [0.2, 0.25) is 0 Å². The molecular formula is C14H18N4O. The molecule has 2 rings (SSSR count). The fraction of sp³-hybridized carbons (Fsp3) is 0.286. The number of rotatable bonds is 5. The number of hydrogen-bond acceptors (Lipinski definition) is 3. The molecule has 5 heteroatoms. The number of carbonyl (C=O) groups excluding carboxylic acids is 1. The Bertz CT molecular complexity index is 528. The normalized spacial score (nSPS) is 10.4. The molecule has 1 aromatic heterocycles. The highest BCUT2D eigenvalue weighted by atomic mass is 16.1. The fourth-order valence-electron chi connectivity index (χ4n) is 1.94. The smallest absolute Gasteiger partial charge is 0.251 e. The fourth-order valence-corrected chi connectivity index (χ4v) is 1.94. The first-order chi connectivity index (χ1) is 9.15. The Hall–Kier alpha value is -2.30. The van der Waals surface area contributed by atoms with E-state index >= 15 is 0 Å². The largest absolute Gasteiger partial charge is 0.399 e.